The number of rotatable bonds is 42. The molecule has 0 aliphatic heterocycles. The molecule has 0 aliphatic rings. The van der Waals surface area contributed by atoms with Gasteiger partial charge in [-0.2, -0.15) is 0 Å². The summed E-state index contributed by atoms with van der Waals surface area (Å²) in [7, 11) is 0. The average Bonchev–Trinajstić information content (AvgIpc) is 3.14. The lowest BCUT2D eigenvalue weighted by Crippen LogP contribution is -2.30. The van der Waals surface area contributed by atoms with Crippen LogP contribution in [-0.4, -0.2) is 37.2 Å². The lowest BCUT2D eigenvalue weighted by molar-refractivity contribution is -0.167. The minimum Gasteiger partial charge on any atom is -0.462 e. The maximum atomic E-state index is 12.7. The van der Waals surface area contributed by atoms with Crippen LogP contribution in [0.3, 0.4) is 0 Å². The Labute approximate surface area is 336 Å². The molecule has 0 saturated carbocycles. The van der Waals surface area contributed by atoms with E-state index < -0.39 is 6.10 Å². The molecular formula is C48H92O6. The van der Waals surface area contributed by atoms with Crippen molar-refractivity contribution in [1.29, 1.82) is 0 Å². The zero-order valence-corrected chi connectivity index (χ0v) is 36.8. The monoisotopic (exact) mass is 765 g/mol. The Kier molecular flexibility index (Phi) is 39.8. The molecule has 0 radical (unpaired) electrons. The highest BCUT2D eigenvalue weighted by Gasteiger charge is 2.19. The van der Waals surface area contributed by atoms with Gasteiger partial charge in [-0.1, -0.05) is 221 Å². The third-order valence-corrected chi connectivity index (χ3v) is 10.7. The maximum Gasteiger partial charge on any atom is 0.306 e. The maximum absolute atomic E-state index is 12.7. The molecule has 0 aromatic carbocycles. The number of ether oxygens (including phenoxy) is 3. The Morgan fingerprint density at radius 1 is 0.352 bits per heavy atom. The van der Waals surface area contributed by atoms with E-state index in [1.54, 1.807) is 0 Å². The summed E-state index contributed by atoms with van der Waals surface area (Å²) in [5, 5.41) is 0. The van der Waals surface area contributed by atoms with Crippen molar-refractivity contribution in [1.82, 2.24) is 0 Å². The summed E-state index contributed by atoms with van der Waals surface area (Å²) in [5.41, 5.74) is 0. The Morgan fingerprint density at radius 3 is 0.907 bits per heavy atom. The normalized spacial score (nSPS) is 12.1. The van der Waals surface area contributed by atoms with E-state index in [4.69, 9.17) is 14.2 Å². The number of hydrogen-bond donors (Lipinski definition) is 0. The average molecular weight is 765 g/mol. The summed E-state index contributed by atoms with van der Waals surface area (Å²) >= 11 is 0. The summed E-state index contributed by atoms with van der Waals surface area (Å²) in [6.07, 6.45) is 39.5. The Hall–Kier alpha value is -1.59. The number of unbranched alkanes of at least 4 members (excludes halogenated alkanes) is 27. The fourth-order valence-electron chi connectivity index (χ4n) is 7.11. The van der Waals surface area contributed by atoms with Gasteiger partial charge in [0.25, 0.3) is 0 Å². The molecule has 54 heavy (non-hydrogen) atoms. The third kappa shape index (κ3) is 41.6. The predicted octanol–water partition coefficient (Wildman–Crippen LogP) is 15.0. The van der Waals surface area contributed by atoms with Crippen LogP contribution in [0.1, 0.15) is 259 Å². The summed E-state index contributed by atoms with van der Waals surface area (Å²) in [6.45, 7) is 11.3. The van der Waals surface area contributed by atoms with Crippen molar-refractivity contribution in [3.63, 3.8) is 0 Å². The molecular weight excluding hydrogens is 673 g/mol. The van der Waals surface area contributed by atoms with Crippen LogP contribution in [0, 0.1) is 11.8 Å². The van der Waals surface area contributed by atoms with Gasteiger partial charge in [0.05, 0.1) is 0 Å². The highest BCUT2D eigenvalue weighted by Crippen LogP contribution is 2.17. The van der Waals surface area contributed by atoms with Gasteiger partial charge < -0.3 is 14.2 Å². The topological polar surface area (TPSA) is 78.9 Å². The molecule has 0 unspecified atom stereocenters. The Morgan fingerprint density at radius 2 is 0.611 bits per heavy atom. The zero-order valence-electron chi connectivity index (χ0n) is 36.8. The minimum atomic E-state index is -0.760. The van der Waals surface area contributed by atoms with Crippen molar-refractivity contribution in [2.24, 2.45) is 11.8 Å². The van der Waals surface area contributed by atoms with Gasteiger partial charge in [-0.25, -0.2) is 0 Å². The molecule has 0 amide bonds. The molecule has 0 spiro atoms. The van der Waals surface area contributed by atoms with Crippen molar-refractivity contribution in [2.75, 3.05) is 13.2 Å². The lowest BCUT2D eigenvalue weighted by Gasteiger charge is -2.18. The van der Waals surface area contributed by atoms with E-state index in [-0.39, 0.29) is 31.1 Å². The van der Waals surface area contributed by atoms with Gasteiger partial charge in [-0.05, 0) is 31.1 Å². The van der Waals surface area contributed by atoms with E-state index in [1.165, 1.54) is 148 Å². The predicted molar refractivity (Wildman–Crippen MR) is 229 cm³/mol. The van der Waals surface area contributed by atoms with Crippen LogP contribution in [-0.2, 0) is 28.6 Å². The smallest absolute Gasteiger partial charge is 0.306 e. The first-order chi connectivity index (χ1) is 26.2. The molecule has 0 heterocycles. The van der Waals surface area contributed by atoms with Crippen LogP contribution in [0.4, 0.5) is 0 Å². The largest absolute Gasteiger partial charge is 0.462 e. The van der Waals surface area contributed by atoms with Gasteiger partial charge in [0.2, 0.25) is 0 Å². The molecule has 0 N–H and O–H groups in total. The zero-order chi connectivity index (χ0) is 39.7. The fourth-order valence-corrected chi connectivity index (χ4v) is 7.11. The van der Waals surface area contributed by atoms with Crippen LogP contribution >= 0.6 is 0 Å². The highest BCUT2D eigenvalue weighted by atomic mass is 16.6. The highest BCUT2D eigenvalue weighted by molar-refractivity contribution is 5.71. The van der Waals surface area contributed by atoms with Gasteiger partial charge >= 0.3 is 17.9 Å². The molecule has 6 nitrogen and oxygen atoms in total. The molecule has 0 aliphatic carbocycles. The van der Waals surface area contributed by atoms with Gasteiger partial charge in [0, 0.05) is 19.3 Å². The second-order valence-electron chi connectivity index (χ2n) is 17.3. The number of carbonyl (C=O) groups is 3. The van der Waals surface area contributed by atoms with E-state index in [1.807, 2.05) is 0 Å². The minimum absolute atomic E-state index is 0.0647. The van der Waals surface area contributed by atoms with Gasteiger partial charge in [0.1, 0.15) is 13.2 Å². The molecule has 1 atom stereocenters. The van der Waals surface area contributed by atoms with Crippen molar-refractivity contribution < 1.29 is 28.6 Å². The quantitative estimate of drug-likeness (QED) is 0.0350. The van der Waals surface area contributed by atoms with Crippen LogP contribution in [0.5, 0.6) is 0 Å². The van der Waals surface area contributed by atoms with Gasteiger partial charge in [-0.15, -0.1) is 0 Å². The van der Waals surface area contributed by atoms with Gasteiger partial charge in [0.15, 0.2) is 6.10 Å². The standard InChI is InChI=1S/C48H92O6/c1-6-7-8-9-10-16-25-30-35-40-48(51)54-45(42-53-47(50)39-34-29-24-20-15-14-18-22-27-32-37-44(4)5)41-52-46(49)38-33-28-23-19-13-11-12-17-21-26-31-36-43(2)3/h43-45H,6-42H2,1-5H3/t45-/m0/s1. The second-order valence-corrected chi connectivity index (χ2v) is 17.3. The van der Waals surface area contributed by atoms with Gasteiger partial charge in [-0.3, -0.25) is 14.4 Å². The lowest BCUT2D eigenvalue weighted by atomic mass is 10.0. The molecule has 0 saturated heterocycles. The number of hydrogen-bond acceptors (Lipinski definition) is 6. The SMILES string of the molecule is CCCCCCCCCCCC(=O)O[C@@H](COC(=O)CCCCCCCCCCCCCC(C)C)COC(=O)CCCCCCCCCCCCC(C)C. The molecule has 6 heteroatoms. The number of carbonyl (C=O) groups excluding carboxylic acids is 3. The first kappa shape index (κ1) is 52.4. The Bertz CT molecular complexity index is 824. The van der Waals surface area contributed by atoms with Crippen LogP contribution in [0.25, 0.3) is 0 Å². The van der Waals surface area contributed by atoms with E-state index in [9.17, 15) is 14.4 Å². The second kappa shape index (κ2) is 41.1. The fraction of sp³-hybridized carbons (Fsp3) is 0.938. The summed E-state index contributed by atoms with van der Waals surface area (Å²) in [6, 6.07) is 0. The van der Waals surface area contributed by atoms with Crippen molar-refractivity contribution in [3.05, 3.63) is 0 Å². The van der Waals surface area contributed by atoms with Crippen LogP contribution in [0.2, 0.25) is 0 Å². The van der Waals surface area contributed by atoms with E-state index in [0.717, 1.165) is 69.6 Å². The van der Waals surface area contributed by atoms with Crippen molar-refractivity contribution in [3.8, 4) is 0 Å². The van der Waals surface area contributed by atoms with Crippen LogP contribution < -0.4 is 0 Å². The molecule has 320 valence electrons. The summed E-state index contributed by atoms with van der Waals surface area (Å²) in [4.78, 5) is 37.7. The molecule has 0 rings (SSSR count). The first-order valence-electron chi connectivity index (χ1n) is 23.7. The number of esters is 3. The summed E-state index contributed by atoms with van der Waals surface area (Å²) < 4.78 is 16.7. The van der Waals surface area contributed by atoms with E-state index >= 15 is 0 Å². The molecule has 0 aromatic rings. The third-order valence-electron chi connectivity index (χ3n) is 10.7. The van der Waals surface area contributed by atoms with Crippen molar-refractivity contribution >= 4 is 17.9 Å². The summed E-state index contributed by atoms with van der Waals surface area (Å²) in [5.74, 6) is 0.788. The first-order valence-corrected chi connectivity index (χ1v) is 23.7. The molecule has 0 fully saturated rings. The van der Waals surface area contributed by atoms with Crippen LogP contribution in [0.15, 0.2) is 0 Å². The molecule has 0 aromatic heterocycles. The van der Waals surface area contributed by atoms with E-state index in [2.05, 4.69) is 34.6 Å². The van der Waals surface area contributed by atoms with Crippen molar-refractivity contribution in [2.45, 2.75) is 265 Å². The molecule has 0 bridgehead atoms. The Balaban J connectivity index is 4.29. The van der Waals surface area contributed by atoms with E-state index in [0.29, 0.717) is 19.3 Å².